The smallest absolute Gasteiger partial charge is 0.00799 e. The summed E-state index contributed by atoms with van der Waals surface area (Å²) in [7, 11) is 0. The van der Waals surface area contributed by atoms with Gasteiger partial charge in [-0.05, 0) is 12.2 Å². The van der Waals surface area contributed by atoms with Crippen molar-refractivity contribution in [2.75, 3.05) is 11.5 Å². The van der Waals surface area contributed by atoms with Gasteiger partial charge in [-0.3, -0.25) is 0 Å². The SMILES string of the molecule is C=CCS.CCCCCCCCS. The molecule has 0 saturated carbocycles. The first kappa shape index (κ1) is 15.9. The summed E-state index contributed by atoms with van der Waals surface area (Å²) in [6.45, 7) is 5.65. The van der Waals surface area contributed by atoms with E-state index in [0.29, 0.717) is 0 Å². The normalized spacial score (nSPS) is 8.85. The molecule has 0 aliphatic heterocycles. The molecule has 0 heterocycles. The van der Waals surface area contributed by atoms with Crippen molar-refractivity contribution >= 4 is 25.3 Å². The Morgan fingerprint density at radius 3 is 1.85 bits per heavy atom. The van der Waals surface area contributed by atoms with Gasteiger partial charge < -0.3 is 0 Å². The quantitative estimate of drug-likeness (QED) is 0.355. The van der Waals surface area contributed by atoms with E-state index in [1.165, 1.54) is 38.5 Å². The van der Waals surface area contributed by atoms with E-state index in [1.54, 1.807) is 6.08 Å². The van der Waals surface area contributed by atoms with Gasteiger partial charge in [-0.2, -0.15) is 25.3 Å². The largest absolute Gasteiger partial charge is 0.179 e. The molecule has 0 aliphatic carbocycles. The van der Waals surface area contributed by atoms with Gasteiger partial charge in [0.15, 0.2) is 0 Å². The first-order valence-electron chi connectivity index (χ1n) is 5.16. The number of hydrogen-bond acceptors (Lipinski definition) is 2. The van der Waals surface area contributed by atoms with Crippen molar-refractivity contribution in [2.45, 2.75) is 45.4 Å². The zero-order valence-electron chi connectivity index (χ0n) is 8.84. The molecule has 0 atom stereocenters. The predicted molar refractivity (Wildman–Crippen MR) is 71.3 cm³/mol. The van der Waals surface area contributed by atoms with Crippen molar-refractivity contribution in [1.82, 2.24) is 0 Å². The van der Waals surface area contributed by atoms with E-state index in [4.69, 9.17) is 0 Å². The highest BCUT2D eigenvalue weighted by molar-refractivity contribution is 7.80. The summed E-state index contributed by atoms with van der Waals surface area (Å²) < 4.78 is 0. The Balaban J connectivity index is 0. The maximum Gasteiger partial charge on any atom is 0.00799 e. The van der Waals surface area contributed by atoms with Gasteiger partial charge in [-0.15, -0.1) is 6.58 Å². The summed E-state index contributed by atoms with van der Waals surface area (Å²) >= 11 is 7.95. The molecule has 0 nitrogen and oxygen atoms in total. The van der Waals surface area contributed by atoms with E-state index in [0.717, 1.165) is 11.5 Å². The molecule has 0 aliphatic rings. The van der Waals surface area contributed by atoms with E-state index >= 15 is 0 Å². The summed E-state index contributed by atoms with van der Waals surface area (Å²) in [4.78, 5) is 0. The molecular formula is C11H24S2. The van der Waals surface area contributed by atoms with E-state index in [2.05, 4.69) is 38.8 Å². The lowest BCUT2D eigenvalue weighted by Crippen LogP contribution is -1.78. The lowest BCUT2D eigenvalue weighted by atomic mass is 10.1. The van der Waals surface area contributed by atoms with Crippen LogP contribution in [-0.2, 0) is 0 Å². The second-order valence-electron chi connectivity index (χ2n) is 2.96. The van der Waals surface area contributed by atoms with Gasteiger partial charge >= 0.3 is 0 Å². The lowest BCUT2D eigenvalue weighted by Gasteiger charge is -1.95. The molecule has 0 radical (unpaired) electrons. The highest BCUT2D eigenvalue weighted by atomic mass is 32.1. The van der Waals surface area contributed by atoms with Gasteiger partial charge in [0, 0.05) is 5.75 Å². The van der Waals surface area contributed by atoms with Crippen LogP contribution in [0.4, 0.5) is 0 Å². The minimum atomic E-state index is 0.778. The molecule has 0 aromatic rings. The topological polar surface area (TPSA) is 0 Å². The fourth-order valence-electron chi connectivity index (χ4n) is 0.892. The number of unbranched alkanes of at least 4 members (excludes halogenated alkanes) is 5. The van der Waals surface area contributed by atoms with Crippen molar-refractivity contribution in [3.8, 4) is 0 Å². The zero-order chi connectivity index (χ0) is 10.4. The molecule has 13 heavy (non-hydrogen) atoms. The summed E-state index contributed by atoms with van der Waals surface area (Å²) in [5.74, 6) is 1.84. The third-order valence-electron chi connectivity index (χ3n) is 1.64. The Morgan fingerprint density at radius 2 is 1.46 bits per heavy atom. The van der Waals surface area contributed by atoms with E-state index in [-0.39, 0.29) is 0 Å². The molecule has 0 rings (SSSR count). The third kappa shape index (κ3) is 24.5. The van der Waals surface area contributed by atoms with Crippen molar-refractivity contribution in [3.05, 3.63) is 12.7 Å². The van der Waals surface area contributed by atoms with E-state index < -0.39 is 0 Å². The molecule has 0 spiro atoms. The van der Waals surface area contributed by atoms with Crippen LogP contribution in [0.2, 0.25) is 0 Å². The molecule has 0 N–H and O–H groups in total. The van der Waals surface area contributed by atoms with Crippen LogP contribution in [0.3, 0.4) is 0 Å². The van der Waals surface area contributed by atoms with Crippen molar-refractivity contribution < 1.29 is 0 Å². The van der Waals surface area contributed by atoms with Gasteiger partial charge in [0.05, 0.1) is 0 Å². The van der Waals surface area contributed by atoms with Crippen LogP contribution in [0.25, 0.3) is 0 Å². The monoisotopic (exact) mass is 220 g/mol. The second-order valence-corrected chi connectivity index (χ2v) is 3.77. The van der Waals surface area contributed by atoms with Crippen LogP contribution < -0.4 is 0 Å². The number of thiol groups is 2. The van der Waals surface area contributed by atoms with Gasteiger partial charge in [-0.25, -0.2) is 0 Å². The minimum absolute atomic E-state index is 0.778. The standard InChI is InChI=1S/C8H18S.C3H6S/c1-2-3-4-5-6-7-8-9;1-2-3-4/h9H,2-8H2,1H3;2,4H,1,3H2. The summed E-state index contributed by atoms with van der Waals surface area (Å²) in [5, 5.41) is 0. The first-order chi connectivity index (χ1) is 6.33. The van der Waals surface area contributed by atoms with Crippen LogP contribution in [0.15, 0.2) is 12.7 Å². The summed E-state index contributed by atoms with van der Waals surface area (Å²) in [5.41, 5.74) is 0. The Kier molecular flexibility index (Phi) is 22.3. The molecule has 0 aromatic carbocycles. The Morgan fingerprint density at radius 1 is 1.00 bits per heavy atom. The van der Waals surface area contributed by atoms with Crippen LogP contribution in [0.5, 0.6) is 0 Å². The van der Waals surface area contributed by atoms with Gasteiger partial charge in [0.25, 0.3) is 0 Å². The molecule has 0 saturated heterocycles. The minimum Gasteiger partial charge on any atom is -0.179 e. The highest BCUT2D eigenvalue weighted by Crippen LogP contribution is 2.04. The highest BCUT2D eigenvalue weighted by Gasteiger charge is 1.86. The first-order valence-corrected chi connectivity index (χ1v) is 6.42. The van der Waals surface area contributed by atoms with E-state index in [9.17, 15) is 0 Å². The van der Waals surface area contributed by atoms with Crippen molar-refractivity contribution in [1.29, 1.82) is 0 Å². The fraction of sp³-hybridized carbons (Fsp3) is 0.818. The molecular weight excluding hydrogens is 196 g/mol. The summed E-state index contributed by atoms with van der Waals surface area (Å²) in [6, 6.07) is 0. The molecule has 0 fully saturated rings. The average molecular weight is 220 g/mol. The third-order valence-corrected chi connectivity index (χ3v) is 2.22. The van der Waals surface area contributed by atoms with Crippen LogP contribution in [-0.4, -0.2) is 11.5 Å². The predicted octanol–water partition coefficient (Wildman–Crippen LogP) is 4.38. The maximum absolute atomic E-state index is 4.15. The number of hydrogen-bond donors (Lipinski definition) is 2. The number of rotatable bonds is 7. The van der Waals surface area contributed by atoms with E-state index in [1.807, 2.05) is 0 Å². The van der Waals surface area contributed by atoms with Crippen molar-refractivity contribution in [3.63, 3.8) is 0 Å². The van der Waals surface area contributed by atoms with Crippen LogP contribution >= 0.6 is 25.3 Å². The van der Waals surface area contributed by atoms with Gasteiger partial charge in [-0.1, -0.05) is 45.1 Å². The molecule has 0 bridgehead atoms. The Bertz CT molecular complexity index is 76.2. The molecule has 0 unspecified atom stereocenters. The van der Waals surface area contributed by atoms with Crippen molar-refractivity contribution in [2.24, 2.45) is 0 Å². The molecule has 2 heteroatoms. The molecule has 80 valence electrons. The molecule has 0 aromatic heterocycles. The van der Waals surface area contributed by atoms with Crippen LogP contribution in [0.1, 0.15) is 45.4 Å². The van der Waals surface area contributed by atoms with Crippen LogP contribution in [0, 0.1) is 0 Å². The Hall–Kier alpha value is 0.440. The lowest BCUT2D eigenvalue weighted by molar-refractivity contribution is 0.627. The fourth-order valence-corrected chi connectivity index (χ4v) is 1.12. The van der Waals surface area contributed by atoms with Gasteiger partial charge in [0.2, 0.25) is 0 Å². The summed E-state index contributed by atoms with van der Waals surface area (Å²) in [6.07, 6.45) is 10.0. The maximum atomic E-state index is 4.15. The molecule has 0 amide bonds. The van der Waals surface area contributed by atoms with Gasteiger partial charge in [0.1, 0.15) is 0 Å². The second kappa shape index (κ2) is 18.3. The zero-order valence-corrected chi connectivity index (χ0v) is 10.6. The Labute approximate surface area is 95.0 Å². The average Bonchev–Trinajstić information content (AvgIpc) is 2.18.